The van der Waals surface area contributed by atoms with Crippen LogP contribution in [0.3, 0.4) is 0 Å². The van der Waals surface area contributed by atoms with Crippen LogP contribution in [0.25, 0.3) is 0 Å². The van der Waals surface area contributed by atoms with Gasteiger partial charge in [-0.25, -0.2) is 0 Å². The first-order chi connectivity index (χ1) is 8.65. The van der Waals surface area contributed by atoms with Crippen LogP contribution in [0.4, 0.5) is 0 Å². The molecule has 0 fully saturated rings. The smallest absolute Gasteiger partial charge is 0.309 e. The van der Waals surface area contributed by atoms with Gasteiger partial charge in [0.15, 0.2) is 0 Å². The predicted molar refractivity (Wildman–Crippen MR) is 65.1 cm³/mol. The zero-order valence-corrected chi connectivity index (χ0v) is 10.3. The molecule has 0 saturated heterocycles. The highest BCUT2D eigenvalue weighted by Gasteiger charge is 2.33. The van der Waals surface area contributed by atoms with Gasteiger partial charge in [-0.3, -0.25) is 4.79 Å². The van der Waals surface area contributed by atoms with E-state index in [0.717, 1.165) is 5.56 Å². The van der Waals surface area contributed by atoms with Gasteiger partial charge in [0.25, 0.3) is 0 Å². The van der Waals surface area contributed by atoms with Gasteiger partial charge in [0.2, 0.25) is 0 Å². The molecule has 0 aliphatic rings. The van der Waals surface area contributed by atoms with Crippen molar-refractivity contribution < 1.29 is 9.53 Å². The minimum Gasteiger partial charge on any atom is -0.469 e. The summed E-state index contributed by atoms with van der Waals surface area (Å²) in [7, 11) is 1.30. The lowest BCUT2D eigenvalue weighted by Crippen LogP contribution is -2.25. The van der Waals surface area contributed by atoms with E-state index < -0.39 is 23.7 Å². The van der Waals surface area contributed by atoms with Gasteiger partial charge in [0.1, 0.15) is 5.92 Å². The largest absolute Gasteiger partial charge is 0.469 e. The quantitative estimate of drug-likeness (QED) is 0.759. The molecule has 0 bridgehead atoms. The molecule has 1 aromatic rings. The molecule has 0 N–H and O–H groups in total. The maximum absolute atomic E-state index is 11.6. The van der Waals surface area contributed by atoms with Crippen LogP contribution in [0.2, 0.25) is 0 Å². The summed E-state index contributed by atoms with van der Waals surface area (Å²) in [6, 6.07) is 13.0. The van der Waals surface area contributed by atoms with Gasteiger partial charge < -0.3 is 4.74 Å². The summed E-state index contributed by atoms with van der Waals surface area (Å²) in [6.07, 6.45) is 0. The number of hydrogen-bond acceptors (Lipinski definition) is 4. The Morgan fingerprint density at radius 3 is 2.22 bits per heavy atom. The molecule has 0 amide bonds. The molecule has 2 unspecified atom stereocenters. The predicted octanol–water partition coefficient (Wildman–Crippen LogP) is 2.24. The Balaban J connectivity index is 3.16. The van der Waals surface area contributed by atoms with Crippen LogP contribution < -0.4 is 0 Å². The highest BCUT2D eigenvalue weighted by Crippen LogP contribution is 2.32. The standard InChI is InChI=1S/C14H14N2O2/c1-10(14(17)18-2)13(12(8-15)9-16)11-6-4-3-5-7-11/h3-7,10,12-13H,1-2H3. The van der Waals surface area contributed by atoms with Crippen LogP contribution in [0, 0.1) is 34.5 Å². The first kappa shape index (κ1) is 13.7. The Kier molecular flexibility index (Phi) is 4.90. The minimum absolute atomic E-state index is 0.417. The summed E-state index contributed by atoms with van der Waals surface area (Å²) < 4.78 is 4.70. The highest BCUT2D eigenvalue weighted by molar-refractivity contribution is 5.73. The summed E-state index contributed by atoms with van der Waals surface area (Å²) in [5, 5.41) is 18.1. The van der Waals surface area contributed by atoms with Crippen LogP contribution in [-0.2, 0) is 9.53 Å². The normalized spacial score (nSPS) is 13.2. The van der Waals surface area contributed by atoms with Crippen molar-refractivity contribution >= 4 is 5.97 Å². The maximum Gasteiger partial charge on any atom is 0.309 e. The lowest BCUT2D eigenvalue weighted by molar-refractivity contribution is -0.145. The molecular weight excluding hydrogens is 228 g/mol. The first-order valence-corrected chi connectivity index (χ1v) is 5.57. The number of ether oxygens (including phenoxy) is 1. The van der Waals surface area contributed by atoms with E-state index in [1.165, 1.54) is 7.11 Å². The molecule has 1 rings (SSSR count). The Labute approximate surface area is 106 Å². The Bertz CT molecular complexity index is 471. The second kappa shape index (κ2) is 6.42. The summed E-state index contributed by atoms with van der Waals surface area (Å²) in [5.41, 5.74) is 0.795. The number of rotatable bonds is 4. The first-order valence-electron chi connectivity index (χ1n) is 5.57. The van der Waals surface area contributed by atoms with Crippen LogP contribution in [0.1, 0.15) is 18.4 Å². The van der Waals surface area contributed by atoms with E-state index in [1.807, 2.05) is 42.5 Å². The van der Waals surface area contributed by atoms with Crippen molar-refractivity contribution in [1.82, 2.24) is 0 Å². The Morgan fingerprint density at radius 1 is 1.22 bits per heavy atom. The lowest BCUT2D eigenvalue weighted by Gasteiger charge is -2.23. The van der Waals surface area contributed by atoms with Crippen LogP contribution in [0.5, 0.6) is 0 Å². The number of methoxy groups -OCH3 is 1. The van der Waals surface area contributed by atoms with Crippen molar-refractivity contribution in [3.05, 3.63) is 35.9 Å². The molecule has 0 saturated carbocycles. The fourth-order valence-electron chi connectivity index (χ4n) is 1.97. The maximum atomic E-state index is 11.6. The number of carbonyl (C=O) groups is 1. The van der Waals surface area contributed by atoms with Gasteiger partial charge in [-0.2, -0.15) is 10.5 Å². The lowest BCUT2D eigenvalue weighted by atomic mass is 9.79. The van der Waals surface area contributed by atoms with E-state index in [9.17, 15) is 4.79 Å². The number of esters is 1. The van der Waals surface area contributed by atoms with E-state index >= 15 is 0 Å². The minimum atomic E-state index is -0.874. The number of nitrogens with zero attached hydrogens (tertiary/aromatic N) is 2. The topological polar surface area (TPSA) is 73.9 Å². The second-order valence-electron chi connectivity index (χ2n) is 3.98. The van der Waals surface area contributed by atoms with E-state index in [2.05, 4.69) is 0 Å². The Morgan fingerprint density at radius 2 is 1.78 bits per heavy atom. The van der Waals surface area contributed by atoms with Crippen LogP contribution >= 0.6 is 0 Å². The molecular formula is C14H14N2O2. The van der Waals surface area contributed by atoms with Gasteiger partial charge >= 0.3 is 5.97 Å². The van der Waals surface area contributed by atoms with Gasteiger partial charge in [0.05, 0.1) is 25.2 Å². The van der Waals surface area contributed by atoms with Crippen molar-refractivity contribution in [1.29, 1.82) is 10.5 Å². The monoisotopic (exact) mass is 242 g/mol. The second-order valence-corrected chi connectivity index (χ2v) is 3.98. The molecule has 0 spiro atoms. The van der Waals surface area contributed by atoms with Crippen molar-refractivity contribution in [2.45, 2.75) is 12.8 Å². The molecule has 2 atom stereocenters. The zero-order chi connectivity index (χ0) is 13.5. The summed E-state index contributed by atoms with van der Waals surface area (Å²) in [5.74, 6) is -2.31. The number of hydrogen-bond donors (Lipinski definition) is 0. The molecule has 4 heteroatoms. The summed E-state index contributed by atoms with van der Waals surface area (Å²) >= 11 is 0. The number of benzene rings is 1. The highest BCUT2D eigenvalue weighted by atomic mass is 16.5. The van der Waals surface area contributed by atoms with Gasteiger partial charge in [-0.05, 0) is 5.56 Å². The summed E-state index contributed by atoms with van der Waals surface area (Å²) in [4.78, 5) is 11.6. The van der Waals surface area contributed by atoms with E-state index in [1.54, 1.807) is 6.92 Å². The average Bonchev–Trinajstić information content (AvgIpc) is 2.43. The summed E-state index contributed by atoms with van der Waals surface area (Å²) in [6.45, 7) is 1.67. The van der Waals surface area contributed by atoms with E-state index in [-0.39, 0.29) is 0 Å². The SMILES string of the molecule is COC(=O)C(C)C(c1ccccc1)C(C#N)C#N. The number of carbonyl (C=O) groups excluding carboxylic acids is 1. The fourth-order valence-corrected chi connectivity index (χ4v) is 1.97. The molecule has 0 radical (unpaired) electrons. The molecule has 4 nitrogen and oxygen atoms in total. The molecule has 1 aromatic carbocycles. The third kappa shape index (κ3) is 2.87. The van der Waals surface area contributed by atoms with Crippen molar-refractivity contribution in [2.24, 2.45) is 11.8 Å². The molecule has 0 aliphatic carbocycles. The van der Waals surface area contributed by atoms with Crippen molar-refractivity contribution in [3.63, 3.8) is 0 Å². The van der Waals surface area contributed by atoms with Crippen LogP contribution in [0.15, 0.2) is 30.3 Å². The van der Waals surface area contributed by atoms with Crippen molar-refractivity contribution in [2.75, 3.05) is 7.11 Å². The molecule has 0 heterocycles. The van der Waals surface area contributed by atoms with Gasteiger partial charge in [0, 0.05) is 5.92 Å². The van der Waals surface area contributed by atoms with E-state index in [0.29, 0.717) is 0 Å². The van der Waals surface area contributed by atoms with Gasteiger partial charge in [-0.1, -0.05) is 37.3 Å². The van der Waals surface area contributed by atoms with Crippen LogP contribution in [-0.4, -0.2) is 13.1 Å². The molecule has 92 valence electrons. The number of nitriles is 2. The zero-order valence-electron chi connectivity index (χ0n) is 10.3. The third-order valence-electron chi connectivity index (χ3n) is 2.93. The Hall–Kier alpha value is -2.33. The fraction of sp³-hybridized carbons (Fsp3) is 0.357. The van der Waals surface area contributed by atoms with Gasteiger partial charge in [-0.15, -0.1) is 0 Å². The third-order valence-corrected chi connectivity index (χ3v) is 2.93. The van der Waals surface area contributed by atoms with Crippen molar-refractivity contribution in [3.8, 4) is 12.1 Å². The molecule has 0 aliphatic heterocycles. The molecule has 0 aromatic heterocycles. The average molecular weight is 242 g/mol. The molecule has 18 heavy (non-hydrogen) atoms. The van der Waals surface area contributed by atoms with E-state index in [4.69, 9.17) is 15.3 Å².